The van der Waals surface area contributed by atoms with Crippen molar-refractivity contribution in [1.29, 1.82) is 0 Å². The standard InChI is InChI=1S/C22H41N/c1-2-3-4-5-6-7-8-9-11-23-12-10-22-16-19-13-20(17-22)15-21(14-19)18-22/h19-21,23H,2-18H2,1H3. The van der Waals surface area contributed by atoms with Gasteiger partial charge in [-0.3, -0.25) is 0 Å². The van der Waals surface area contributed by atoms with E-state index in [9.17, 15) is 0 Å². The van der Waals surface area contributed by atoms with Crippen LogP contribution in [0, 0.1) is 23.2 Å². The third-order valence-corrected chi connectivity index (χ3v) is 7.20. The molecule has 4 aliphatic rings. The van der Waals surface area contributed by atoms with Gasteiger partial charge in [-0.25, -0.2) is 0 Å². The van der Waals surface area contributed by atoms with Crippen LogP contribution in [0.25, 0.3) is 0 Å². The van der Waals surface area contributed by atoms with Gasteiger partial charge in [-0.05, 0) is 87.6 Å². The van der Waals surface area contributed by atoms with Crippen LogP contribution in [-0.4, -0.2) is 13.1 Å². The zero-order valence-electron chi connectivity index (χ0n) is 15.8. The van der Waals surface area contributed by atoms with Gasteiger partial charge in [0.1, 0.15) is 0 Å². The van der Waals surface area contributed by atoms with E-state index >= 15 is 0 Å². The Bertz CT molecular complexity index is 300. The van der Waals surface area contributed by atoms with Crippen LogP contribution in [0.15, 0.2) is 0 Å². The van der Waals surface area contributed by atoms with E-state index in [-0.39, 0.29) is 0 Å². The lowest BCUT2D eigenvalue weighted by Gasteiger charge is -2.57. The van der Waals surface area contributed by atoms with Crippen molar-refractivity contribution in [3.05, 3.63) is 0 Å². The molecule has 0 aliphatic heterocycles. The molecule has 0 saturated heterocycles. The summed E-state index contributed by atoms with van der Waals surface area (Å²) in [7, 11) is 0. The highest BCUT2D eigenvalue weighted by molar-refractivity contribution is 5.01. The lowest BCUT2D eigenvalue weighted by molar-refractivity contribution is -0.0567. The maximum Gasteiger partial charge on any atom is -0.00436 e. The van der Waals surface area contributed by atoms with Crippen molar-refractivity contribution in [2.45, 2.75) is 103 Å². The number of hydrogen-bond donors (Lipinski definition) is 1. The molecule has 4 aliphatic carbocycles. The zero-order valence-corrected chi connectivity index (χ0v) is 15.8. The Hall–Kier alpha value is -0.0400. The predicted octanol–water partition coefficient (Wildman–Crippen LogP) is 6.32. The Balaban J connectivity index is 1.19. The maximum atomic E-state index is 3.77. The summed E-state index contributed by atoms with van der Waals surface area (Å²) < 4.78 is 0. The first-order valence-electron chi connectivity index (χ1n) is 11.0. The number of unbranched alkanes of at least 4 members (excludes halogenated alkanes) is 7. The molecular weight excluding hydrogens is 278 g/mol. The molecule has 0 spiro atoms. The van der Waals surface area contributed by atoms with Crippen molar-refractivity contribution in [3.63, 3.8) is 0 Å². The molecule has 134 valence electrons. The van der Waals surface area contributed by atoms with Crippen molar-refractivity contribution in [3.8, 4) is 0 Å². The third-order valence-electron chi connectivity index (χ3n) is 7.20. The van der Waals surface area contributed by atoms with Crippen molar-refractivity contribution < 1.29 is 0 Å². The summed E-state index contributed by atoms with van der Waals surface area (Å²) in [6.07, 6.45) is 22.5. The van der Waals surface area contributed by atoms with E-state index in [0.717, 1.165) is 23.2 Å². The van der Waals surface area contributed by atoms with Gasteiger partial charge >= 0.3 is 0 Å². The molecule has 0 heterocycles. The van der Waals surface area contributed by atoms with Gasteiger partial charge in [0.2, 0.25) is 0 Å². The van der Waals surface area contributed by atoms with Gasteiger partial charge in [-0.1, -0.05) is 51.9 Å². The highest BCUT2D eigenvalue weighted by Gasteiger charge is 2.50. The van der Waals surface area contributed by atoms with Gasteiger partial charge in [0, 0.05) is 0 Å². The van der Waals surface area contributed by atoms with Crippen LogP contribution in [0.1, 0.15) is 103 Å². The first-order valence-corrected chi connectivity index (χ1v) is 11.0. The first kappa shape index (κ1) is 17.8. The third kappa shape index (κ3) is 5.21. The summed E-state index contributed by atoms with van der Waals surface area (Å²) >= 11 is 0. The average molecular weight is 320 g/mol. The molecule has 0 aromatic heterocycles. The predicted molar refractivity (Wildman–Crippen MR) is 101 cm³/mol. The maximum absolute atomic E-state index is 3.77. The summed E-state index contributed by atoms with van der Waals surface area (Å²) in [6, 6.07) is 0. The highest BCUT2D eigenvalue weighted by atomic mass is 14.8. The minimum atomic E-state index is 0.779. The Morgan fingerprint density at radius 3 is 1.78 bits per heavy atom. The van der Waals surface area contributed by atoms with Crippen LogP contribution in [0.2, 0.25) is 0 Å². The molecule has 4 bridgehead atoms. The van der Waals surface area contributed by atoms with Gasteiger partial charge in [-0.15, -0.1) is 0 Å². The molecule has 0 radical (unpaired) electrons. The molecule has 4 rings (SSSR count). The molecule has 1 N–H and O–H groups in total. The van der Waals surface area contributed by atoms with Crippen LogP contribution in [-0.2, 0) is 0 Å². The number of hydrogen-bond acceptors (Lipinski definition) is 1. The van der Waals surface area contributed by atoms with E-state index in [1.807, 2.05) is 0 Å². The second-order valence-corrected chi connectivity index (χ2v) is 9.39. The molecule has 4 saturated carbocycles. The second kappa shape index (κ2) is 8.88. The van der Waals surface area contributed by atoms with Gasteiger partial charge in [0.15, 0.2) is 0 Å². The van der Waals surface area contributed by atoms with Crippen molar-refractivity contribution in [2.24, 2.45) is 23.2 Å². The fourth-order valence-electron chi connectivity index (χ4n) is 6.46. The summed E-state index contributed by atoms with van der Waals surface area (Å²) in [5, 5.41) is 3.77. The quantitative estimate of drug-likeness (QED) is 0.415. The van der Waals surface area contributed by atoms with E-state index in [1.165, 1.54) is 70.9 Å². The van der Waals surface area contributed by atoms with Crippen molar-refractivity contribution in [2.75, 3.05) is 13.1 Å². The van der Waals surface area contributed by atoms with Crippen molar-refractivity contribution >= 4 is 0 Å². The smallest absolute Gasteiger partial charge is 0.00436 e. The minimum absolute atomic E-state index is 0.779. The Kier molecular flexibility index (Phi) is 6.86. The SMILES string of the molecule is CCCCCCCCCCNCCC12CC3CC(CC(C3)C1)C2. The van der Waals surface area contributed by atoms with Crippen molar-refractivity contribution in [1.82, 2.24) is 5.32 Å². The summed E-state index contributed by atoms with van der Waals surface area (Å²) in [6.45, 7) is 4.86. The first-order chi connectivity index (χ1) is 11.3. The Morgan fingerprint density at radius 2 is 1.22 bits per heavy atom. The van der Waals surface area contributed by atoms with Gasteiger partial charge in [0.05, 0.1) is 0 Å². The normalized spacial score (nSPS) is 35.1. The highest BCUT2D eigenvalue weighted by Crippen LogP contribution is 2.61. The lowest BCUT2D eigenvalue weighted by Crippen LogP contribution is -2.47. The molecule has 0 aromatic carbocycles. The van der Waals surface area contributed by atoms with Gasteiger partial charge < -0.3 is 5.32 Å². The van der Waals surface area contributed by atoms with Gasteiger partial charge in [-0.2, -0.15) is 0 Å². The largest absolute Gasteiger partial charge is 0.317 e. The second-order valence-electron chi connectivity index (χ2n) is 9.39. The molecule has 1 heteroatoms. The Morgan fingerprint density at radius 1 is 0.696 bits per heavy atom. The van der Waals surface area contributed by atoms with Crippen LogP contribution in [0.3, 0.4) is 0 Å². The minimum Gasteiger partial charge on any atom is -0.317 e. The van der Waals surface area contributed by atoms with Crippen LogP contribution in [0.5, 0.6) is 0 Å². The fourth-order valence-corrected chi connectivity index (χ4v) is 6.46. The monoisotopic (exact) mass is 319 g/mol. The molecule has 0 atom stereocenters. The fraction of sp³-hybridized carbons (Fsp3) is 1.00. The molecule has 0 amide bonds. The van der Waals surface area contributed by atoms with E-state index in [0.29, 0.717) is 0 Å². The number of nitrogens with one attached hydrogen (secondary N) is 1. The molecule has 0 aromatic rings. The summed E-state index contributed by atoms with van der Waals surface area (Å²) in [5.41, 5.74) is 0.779. The molecular formula is C22H41N. The van der Waals surface area contributed by atoms with Crippen LogP contribution in [0.4, 0.5) is 0 Å². The van der Waals surface area contributed by atoms with Crippen LogP contribution < -0.4 is 5.32 Å². The van der Waals surface area contributed by atoms with E-state index < -0.39 is 0 Å². The lowest BCUT2D eigenvalue weighted by atomic mass is 9.49. The van der Waals surface area contributed by atoms with Gasteiger partial charge in [0.25, 0.3) is 0 Å². The zero-order chi connectivity index (χ0) is 16.0. The number of rotatable bonds is 12. The molecule has 1 nitrogen and oxygen atoms in total. The molecule has 23 heavy (non-hydrogen) atoms. The van der Waals surface area contributed by atoms with E-state index in [4.69, 9.17) is 0 Å². The summed E-state index contributed by atoms with van der Waals surface area (Å²) in [4.78, 5) is 0. The molecule has 0 unspecified atom stereocenters. The van der Waals surface area contributed by atoms with Crippen LogP contribution >= 0.6 is 0 Å². The topological polar surface area (TPSA) is 12.0 Å². The molecule has 4 fully saturated rings. The van der Waals surface area contributed by atoms with E-state index in [2.05, 4.69) is 12.2 Å². The summed E-state index contributed by atoms with van der Waals surface area (Å²) in [5.74, 6) is 3.36. The van der Waals surface area contributed by atoms with E-state index in [1.54, 1.807) is 38.5 Å². The average Bonchev–Trinajstić information content (AvgIpc) is 2.51. The Labute approximate surface area is 145 Å².